The highest BCUT2D eigenvalue weighted by atomic mass is 16.2. The van der Waals surface area contributed by atoms with Crippen molar-refractivity contribution in [1.29, 1.82) is 0 Å². The maximum Gasteiger partial charge on any atom is 0.242 e. The molecule has 0 saturated carbocycles. The molecule has 2 amide bonds. The van der Waals surface area contributed by atoms with Gasteiger partial charge in [-0.05, 0) is 26.7 Å². The minimum absolute atomic E-state index is 0.0272. The van der Waals surface area contributed by atoms with Gasteiger partial charge in [-0.3, -0.25) is 9.59 Å². The summed E-state index contributed by atoms with van der Waals surface area (Å²) in [7, 11) is 0. The first-order chi connectivity index (χ1) is 9.04. The number of hydrogen-bond acceptors (Lipinski definition) is 2. The molecule has 1 saturated heterocycles. The number of carbonyl (C=O) groups is 2. The molecule has 0 bridgehead atoms. The van der Waals surface area contributed by atoms with Crippen molar-refractivity contribution in [3.05, 3.63) is 12.2 Å². The van der Waals surface area contributed by atoms with Crippen LogP contribution in [0.2, 0.25) is 0 Å². The molecule has 1 aliphatic heterocycles. The van der Waals surface area contributed by atoms with Crippen LogP contribution < -0.4 is 0 Å². The largest absolute Gasteiger partial charge is 0.337 e. The third kappa shape index (κ3) is 5.45. The predicted molar refractivity (Wildman–Crippen MR) is 76.7 cm³/mol. The summed E-state index contributed by atoms with van der Waals surface area (Å²) in [6.45, 7) is 9.89. The van der Waals surface area contributed by atoms with E-state index in [0.717, 1.165) is 37.8 Å². The second-order valence-electron chi connectivity index (χ2n) is 5.34. The summed E-state index contributed by atoms with van der Waals surface area (Å²) in [5.41, 5.74) is 0.967. The Bertz CT molecular complexity index is 339. The summed E-state index contributed by atoms with van der Waals surface area (Å²) in [4.78, 5) is 27.7. The first-order valence-electron chi connectivity index (χ1n) is 7.24. The molecule has 0 aromatic rings. The van der Waals surface area contributed by atoms with Gasteiger partial charge in [-0.25, -0.2) is 0 Å². The summed E-state index contributed by atoms with van der Waals surface area (Å²) in [5, 5.41) is 0. The monoisotopic (exact) mass is 266 g/mol. The zero-order valence-electron chi connectivity index (χ0n) is 12.3. The Hall–Kier alpha value is -1.32. The summed E-state index contributed by atoms with van der Waals surface area (Å²) in [5.74, 6) is 0.152. The molecular weight excluding hydrogens is 240 g/mol. The van der Waals surface area contributed by atoms with Crippen molar-refractivity contribution >= 4 is 11.8 Å². The Kier molecular flexibility index (Phi) is 6.60. The Morgan fingerprint density at radius 2 is 2.00 bits per heavy atom. The van der Waals surface area contributed by atoms with Gasteiger partial charge in [0.15, 0.2) is 0 Å². The lowest BCUT2D eigenvalue weighted by Gasteiger charge is -2.28. The molecule has 0 N–H and O–H groups in total. The van der Waals surface area contributed by atoms with Crippen molar-refractivity contribution in [3.8, 4) is 0 Å². The van der Waals surface area contributed by atoms with Crippen LogP contribution >= 0.6 is 0 Å². The van der Waals surface area contributed by atoms with Crippen LogP contribution in [-0.2, 0) is 9.59 Å². The van der Waals surface area contributed by atoms with Crippen LogP contribution in [0.1, 0.15) is 46.0 Å². The number of amides is 2. The quantitative estimate of drug-likeness (QED) is 0.716. The van der Waals surface area contributed by atoms with Crippen molar-refractivity contribution in [2.75, 3.05) is 26.2 Å². The van der Waals surface area contributed by atoms with Gasteiger partial charge in [-0.1, -0.05) is 25.0 Å². The minimum Gasteiger partial charge on any atom is -0.337 e. The molecule has 1 aliphatic rings. The van der Waals surface area contributed by atoms with E-state index in [2.05, 4.69) is 6.58 Å². The Morgan fingerprint density at radius 3 is 2.63 bits per heavy atom. The highest BCUT2D eigenvalue weighted by Gasteiger charge is 2.21. The number of carbonyl (C=O) groups excluding carboxylic acids is 2. The number of rotatable bonds is 5. The van der Waals surface area contributed by atoms with E-state index in [-0.39, 0.29) is 18.4 Å². The molecule has 4 nitrogen and oxygen atoms in total. The van der Waals surface area contributed by atoms with Crippen LogP contribution in [-0.4, -0.2) is 47.8 Å². The van der Waals surface area contributed by atoms with E-state index in [4.69, 9.17) is 0 Å². The smallest absolute Gasteiger partial charge is 0.242 e. The molecule has 0 radical (unpaired) electrons. The van der Waals surface area contributed by atoms with E-state index in [1.165, 1.54) is 0 Å². The lowest BCUT2D eigenvalue weighted by Crippen LogP contribution is -2.44. The lowest BCUT2D eigenvalue weighted by atomic mass is 10.1. The van der Waals surface area contributed by atoms with Gasteiger partial charge in [0.1, 0.15) is 0 Å². The topological polar surface area (TPSA) is 40.6 Å². The molecule has 4 heteroatoms. The molecular formula is C15H26N2O2. The van der Waals surface area contributed by atoms with E-state index >= 15 is 0 Å². The van der Waals surface area contributed by atoms with Gasteiger partial charge in [0.25, 0.3) is 0 Å². The van der Waals surface area contributed by atoms with E-state index < -0.39 is 0 Å². The van der Waals surface area contributed by atoms with Crippen LogP contribution in [0.5, 0.6) is 0 Å². The maximum absolute atomic E-state index is 12.2. The molecule has 1 heterocycles. The predicted octanol–water partition coefficient (Wildman–Crippen LogP) is 2.20. The Labute approximate surface area is 116 Å². The SMILES string of the molecule is C=C(C)CN(CC)C(=O)CN1CCCCCCC1=O. The van der Waals surface area contributed by atoms with E-state index in [9.17, 15) is 9.59 Å². The molecule has 0 aromatic carbocycles. The first kappa shape index (κ1) is 15.7. The third-order valence-electron chi connectivity index (χ3n) is 3.44. The highest BCUT2D eigenvalue weighted by Crippen LogP contribution is 2.12. The molecule has 1 rings (SSSR count). The summed E-state index contributed by atoms with van der Waals surface area (Å²) < 4.78 is 0. The number of nitrogens with zero attached hydrogens (tertiary/aromatic N) is 2. The lowest BCUT2D eigenvalue weighted by molar-refractivity contribution is -0.140. The van der Waals surface area contributed by atoms with Crippen molar-refractivity contribution in [3.63, 3.8) is 0 Å². The molecule has 108 valence electrons. The summed E-state index contributed by atoms with van der Waals surface area (Å²) >= 11 is 0. The van der Waals surface area contributed by atoms with Crippen LogP contribution in [0, 0.1) is 0 Å². The van der Waals surface area contributed by atoms with Gasteiger partial charge in [0, 0.05) is 26.1 Å². The molecule has 1 fully saturated rings. The average Bonchev–Trinajstić information content (AvgIpc) is 2.35. The molecule has 0 atom stereocenters. The van der Waals surface area contributed by atoms with E-state index in [1.807, 2.05) is 13.8 Å². The molecule has 0 spiro atoms. The first-order valence-corrected chi connectivity index (χ1v) is 7.24. The van der Waals surface area contributed by atoms with Crippen LogP contribution in [0.15, 0.2) is 12.2 Å². The standard InChI is InChI=1S/C15H26N2O2/c1-4-16(11-13(2)3)15(19)12-17-10-8-6-5-7-9-14(17)18/h2,4-12H2,1,3H3. The summed E-state index contributed by atoms with van der Waals surface area (Å²) in [6, 6.07) is 0. The second kappa shape index (κ2) is 7.97. The van der Waals surface area contributed by atoms with Crippen molar-refractivity contribution < 1.29 is 9.59 Å². The van der Waals surface area contributed by atoms with Crippen LogP contribution in [0.25, 0.3) is 0 Å². The zero-order chi connectivity index (χ0) is 14.3. The Balaban J connectivity index is 2.56. The van der Waals surface area contributed by atoms with Gasteiger partial charge >= 0.3 is 0 Å². The van der Waals surface area contributed by atoms with Crippen molar-refractivity contribution in [2.45, 2.75) is 46.0 Å². The van der Waals surface area contributed by atoms with E-state index in [1.54, 1.807) is 9.80 Å². The molecule has 0 unspecified atom stereocenters. The Morgan fingerprint density at radius 1 is 1.32 bits per heavy atom. The molecule has 19 heavy (non-hydrogen) atoms. The number of hydrogen-bond donors (Lipinski definition) is 0. The second-order valence-corrected chi connectivity index (χ2v) is 5.34. The van der Waals surface area contributed by atoms with Gasteiger partial charge in [-0.15, -0.1) is 0 Å². The maximum atomic E-state index is 12.2. The fourth-order valence-electron chi connectivity index (χ4n) is 2.35. The van der Waals surface area contributed by atoms with Gasteiger partial charge in [0.05, 0.1) is 6.54 Å². The van der Waals surface area contributed by atoms with Gasteiger partial charge in [-0.2, -0.15) is 0 Å². The number of likely N-dealkylation sites (N-methyl/N-ethyl adjacent to an activating group) is 1. The fraction of sp³-hybridized carbons (Fsp3) is 0.733. The van der Waals surface area contributed by atoms with Gasteiger partial charge in [0.2, 0.25) is 11.8 Å². The van der Waals surface area contributed by atoms with Crippen molar-refractivity contribution in [1.82, 2.24) is 9.80 Å². The molecule has 0 aromatic heterocycles. The fourth-order valence-corrected chi connectivity index (χ4v) is 2.35. The normalized spacial score (nSPS) is 16.7. The highest BCUT2D eigenvalue weighted by molar-refractivity contribution is 5.85. The van der Waals surface area contributed by atoms with Crippen LogP contribution in [0.4, 0.5) is 0 Å². The summed E-state index contributed by atoms with van der Waals surface area (Å²) in [6.07, 6.45) is 4.82. The molecule has 0 aliphatic carbocycles. The van der Waals surface area contributed by atoms with Gasteiger partial charge < -0.3 is 9.80 Å². The minimum atomic E-state index is 0.0272. The number of likely N-dealkylation sites (tertiary alicyclic amines) is 1. The van der Waals surface area contributed by atoms with E-state index in [0.29, 0.717) is 19.5 Å². The van der Waals surface area contributed by atoms with Crippen molar-refractivity contribution in [2.24, 2.45) is 0 Å². The third-order valence-corrected chi connectivity index (χ3v) is 3.44. The van der Waals surface area contributed by atoms with Crippen LogP contribution in [0.3, 0.4) is 0 Å². The zero-order valence-corrected chi connectivity index (χ0v) is 12.3. The average molecular weight is 266 g/mol.